The van der Waals surface area contributed by atoms with E-state index in [2.05, 4.69) is 15.4 Å². The van der Waals surface area contributed by atoms with Gasteiger partial charge in [0, 0.05) is 17.8 Å². The molecule has 28 heavy (non-hydrogen) atoms. The van der Waals surface area contributed by atoms with Crippen molar-refractivity contribution in [2.75, 3.05) is 5.32 Å². The predicted octanol–water partition coefficient (Wildman–Crippen LogP) is 3.61. The van der Waals surface area contributed by atoms with Gasteiger partial charge in [0.1, 0.15) is 17.4 Å². The van der Waals surface area contributed by atoms with Gasteiger partial charge < -0.3 is 10.1 Å². The Hall–Kier alpha value is -3.04. The van der Waals surface area contributed by atoms with Gasteiger partial charge in [-0.1, -0.05) is 30.4 Å². The zero-order valence-corrected chi connectivity index (χ0v) is 16.5. The van der Waals surface area contributed by atoms with E-state index >= 15 is 0 Å². The summed E-state index contributed by atoms with van der Waals surface area (Å²) < 4.78 is 7.08. The molecule has 142 valence electrons. The van der Waals surface area contributed by atoms with E-state index in [1.54, 1.807) is 30.3 Å². The Morgan fingerprint density at radius 1 is 1.25 bits per heavy atom. The van der Waals surface area contributed by atoms with Gasteiger partial charge in [0.05, 0.1) is 10.6 Å². The second kappa shape index (κ2) is 7.91. The van der Waals surface area contributed by atoms with Crippen molar-refractivity contribution in [2.24, 2.45) is 0 Å². The number of nitrogens with zero attached hydrogens (tertiary/aromatic N) is 3. The van der Waals surface area contributed by atoms with Crippen LogP contribution in [0.5, 0.6) is 5.75 Å². The smallest absolute Gasteiger partial charge is 0.275 e. The van der Waals surface area contributed by atoms with Gasteiger partial charge >= 0.3 is 0 Å². The molecule has 0 aliphatic heterocycles. The van der Waals surface area contributed by atoms with E-state index in [9.17, 15) is 9.59 Å². The minimum absolute atomic E-state index is 0.146. The molecule has 9 heteroatoms. The second-order valence-electron chi connectivity index (χ2n) is 5.88. The molecule has 0 aliphatic carbocycles. The SMILES string of the molecule is CCc1nn2c(=O)cc(COc3cccc(NC(=O)c4cccs4)c3)nc2s1. The highest BCUT2D eigenvalue weighted by Crippen LogP contribution is 2.20. The third kappa shape index (κ3) is 3.95. The van der Waals surface area contributed by atoms with Gasteiger partial charge in [-0.2, -0.15) is 9.61 Å². The molecule has 0 fully saturated rings. The molecule has 4 rings (SSSR count). The molecular formula is C19H16N4O3S2. The van der Waals surface area contributed by atoms with Crippen molar-refractivity contribution in [2.45, 2.75) is 20.0 Å². The molecule has 0 saturated carbocycles. The van der Waals surface area contributed by atoms with E-state index in [1.807, 2.05) is 18.4 Å². The van der Waals surface area contributed by atoms with Crippen LogP contribution in [0, 0.1) is 0 Å². The molecule has 4 aromatic rings. The lowest BCUT2D eigenvalue weighted by Crippen LogP contribution is -2.16. The number of carbonyl (C=O) groups is 1. The number of aromatic nitrogens is 3. The first kappa shape index (κ1) is 18.3. The summed E-state index contributed by atoms with van der Waals surface area (Å²) in [5, 5.41) is 9.78. The lowest BCUT2D eigenvalue weighted by Gasteiger charge is -2.08. The third-order valence-electron chi connectivity index (χ3n) is 3.87. The van der Waals surface area contributed by atoms with Crippen molar-refractivity contribution in [1.82, 2.24) is 14.6 Å². The summed E-state index contributed by atoms with van der Waals surface area (Å²) in [6.07, 6.45) is 0.753. The van der Waals surface area contributed by atoms with Crippen molar-refractivity contribution in [3.05, 3.63) is 73.8 Å². The van der Waals surface area contributed by atoms with E-state index in [0.717, 1.165) is 11.4 Å². The van der Waals surface area contributed by atoms with Gasteiger partial charge in [-0.15, -0.1) is 11.3 Å². The van der Waals surface area contributed by atoms with E-state index < -0.39 is 0 Å². The topological polar surface area (TPSA) is 85.6 Å². The van der Waals surface area contributed by atoms with Gasteiger partial charge in [-0.25, -0.2) is 4.98 Å². The van der Waals surface area contributed by atoms with E-state index in [4.69, 9.17) is 4.74 Å². The monoisotopic (exact) mass is 412 g/mol. The molecule has 1 aromatic carbocycles. The molecule has 0 unspecified atom stereocenters. The standard InChI is InChI=1S/C19H16N4O3S2/c1-2-16-22-23-17(24)10-13(21-19(23)28-16)11-26-14-6-3-5-12(9-14)20-18(25)15-7-4-8-27-15/h3-10H,2,11H2,1H3,(H,20,25). The first-order valence-corrected chi connectivity index (χ1v) is 10.3. The van der Waals surface area contributed by atoms with Gasteiger partial charge in [0.25, 0.3) is 11.5 Å². The van der Waals surface area contributed by atoms with Crippen LogP contribution in [0.15, 0.2) is 52.6 Å². The average molecular weight is 412 g/mol. The number of fused-ring (bicyclic) bond motifs is 1. The maximum Gasteiger partial charge on any atom is 0.275 e. The quantitative estimate of drug-likeness (QED) is 0.523. The lowest BCUT2D eigenvalue weighted by molar-refractivity contribution is 0.103. The largest absolute Gasteiger partial charge is 0.487 e. The molecule has 0 spiro atoms. The number of ether oxygens (including phenoxy) is 1. The Morgan fingerprint density at radius 3 is 2.93 bits per heavy atom. The fourth-order valence-electron chi connectivity index (χ4n) is 2.53. The number of rotatable bonds is 6. The normalized spacial score (nSPS) is 10.9. The highest BCUT2D eigenvalue weighted by molar-refractivity contribution is 7.16. The fraction of sp³-hybridized carbons (Fsp3) is 0.158. The molecule has 0 aliphatic rings. The third-order valence-corrected chi connectivity index (χ3v) is 5.79. The van der Waals surface area contributed by atoms with Gasteiger partial charge in [0.15, 0.2) is 0 Å². The van der Waals surface area contributed by atoms with E-state index in [-0.39, 0.29) is 18.1 Å². The van der Waals surface area contributed by atoms with Crippen molar-refractivity contribution in [3.63, 3.8) is 0 Å². The molecule has 7 nitrogen and oxygen atoms in total. The number of amides is 1. The number of thiophene rings is 1. The van der Waals surface area contributed by atoms with Crippen molar-refractivity contribution in [1.29, 1.82) is 0 Å². The Kier molecular flexibility index (Phi) is 5.18. The number of carbonyl (C=O) groups excluding carboxylic acids is 1. The van der Waals surface area contributed by atoms with E-state index in [1.165, 1.54) is 33.3 Å². The summed E-state index contributed by atoms with van der Waals surface area (Å²) in [5.74, 6) is 0.411. The molecule has 3 heterocycles. The predicted molar refractivity (Wildman–Crippen MR) is 110 cm³/mol. The average Bonchev–Trinajstić information content (AvgIpc) is 3.36. The zero-order chi connectivity index (χ0) is 19.5. The summed E-state index contributed by atoms with van der Waals surface area (Å²) >= 11 is 2.77. The molecule has 0 atom stereocenters. The Labute approximate surface area is 168 Å². The number of nitrogens with one attached hydrogen (secondary N) is 1. The Morgan fingerprint density at radius 2 is 2.14 bits per heavy atom. The minimum Gasteiger partial charge on any atom is -0.487 e. The first-order valence-electron chi connectivity index (χ1n) is 8.59. The Balaban J connectivity index is 1.47. The molecule has 1 N–H and O–H groups in total. The van der Waals surface area contributed by atoms with Crippen molar-refractivity contribution < 1.29 is 9.53 Å². The summed E-state index contributed by atoms with van der Waals surface area (Å²) in [6.45, 7) is 2.13. The summed E-state index contributed by atoms with van der Waals surface area (Å²) in [6, 6.07) is 12.1. The van der Waals surface area contributed by atoms with Crippen LogP contribution in [-0.4, -0.2) is 20.5 Å². The summed E-state index contributed by atoms with van der Waals surface area (Å²) in [5.41, 5.74) is 0.940. The van der Waals surface area contributed by atoms with Crippen LogP contribution in [0.25, 0.3) is 4.96 Å². The second-order valence-corrected chi connectivity index (χ2v) is 7.87. The Bertz CT molecular complexity index is 1180. The number of benzene rings is 1. The number of aryl methyl sites for hydroxylation is 1. The van der Waals surface area contributed by atoms with Crippen LogP contribution in [-0.2, 0) is 13.0 Å². The van der Waals surface area contributed by atoms with Crippen molar-refractivity contribution in [3.8, 4) is 5.75 Å². The highest BCUT2D eigenvalue weighted by atomic mass is 32.1. The van der Waals surface area contributed by atoms with Crippen molar-refractivity contribution >= 4 is 39.2 Å². The number of anilines is 1. The van der Waals surface area contributed by atoms with E-state index in [0.29, 0.717) is 27.0 Å². The van der Waals surface area contributed by atoms with Crippen LogP contribution < -0.4 is 15.6 Å². The molecule has 3 aromatic heterocycles. The molecule has 0 saturated heterocycles. The fourth-order valence-corrected chi connectivity index (χ4v) is 4.01. The van der Waals surface area contributed by atoms with Crippen LogP contribution >= 0.6 is 22.7 Å². The van der Waals surface area contributed by atoms with Gasteiger partial charge in [0.2, 0.25) is 4.96 Å². The molecular weight excluding hydrogens is 396 g/mol. The molecule has 0 radical (unpaired) electrons. The summed E-state index contributed by atoms with van der Waals surface area (Å²) in [7, 11) is 0. The van der Waals surface area contributed by atoms with Gasteiger partial charge in [-0.3, -0.25) is 9.59 Å². The zero-order valence-electron chi connectivity index (χ0n) is 14.9. The maximum atomic E-state index is 12.2. The maximum absolute atomic E-state index is 12.2. The van der Waals surface area contributed by atoms with Crippen LogP contribution in [0.4, 0.5) is 5.69 Å². The molecule has 1 amide bonds. The van der Waals surface area contributed by atoms with Crippen LogP contribution in [0.1, 0.15) is 27.3 Å². The van der Waals surface area contributed by atoms with Gasteiger partial charge in [-0.05, 0) is 30.0 Å². The lowest BCUT2D eigenvalue weighted by atomic mass is 10.3. The highest BCUT2D eigenvalue weighted by Gasteiger charge is 2.10. The summed E-state index contributed by atoms with van der Waals surface area (Å²) in [4.78, 5) is 30.0. The van der Waals surface area contributed by atoms with Crippen LogP contribution in [0.2, 0.25) is 0 Å². The molecule has 0 bridgehead atoms. The minimum atomic E-state index is -0.225. The van der Waals surface area contributed by atoms with Crippen LogP contribution in [0.3, 0.4) is 0 Å². The number of hydrogen-bond acceptors (Lipinski definition) is 7. The number of hydrogen-bond donors (Lipinski definition) is 1. The first-order chi connectivity index (χ1) is 13.6.